The lowest BCUT2D eigenvalue weighted by Gasteiger charge is -2.12. The SMILES string of the molecule is S=C(NCc1ccccc1Cl)Nc1ccc(Br)c(Cl)c1. The predicted octanol–water partition coefficient (Wildman–Crippen LogP) is 5.24. The quantitative estimate of drug-likeness (QED) is 0.701. The van der Waals surface area contributed by atoms with Crippen molar-refractivity contribution in [2.45, 2.75) is 6.54 Å². The molecule has 2 rings (SSSR count). The molecule has 0 aliphatic heterocycles. The lowest BCUT2D eigenvalue weighted by Crippen LogP contribution is -2.27. The maximum absolute atomic E-state index is 6.08. The third-order valence-corrected chi connectivity index (χ3v) is 4.42. The molecule has 20 heavy (non-hydrogen) atoms. The average Bonchev–Trinajstić information content (AvgIpc) is 2.42. The zero-order valence-corrected chi connectivity index (χ0v) is 14.2. The minimum absolute atomic E-state index is 0.517. The number of halogens is 3. The van der Waals surface area contributed by atoms with E-state index in [1.807, 2.05) is 36.4 Å². The molecule has 0 atom stereocenters. The van der Waals surface area contributed by atoms with Crippen molar-refractivity contribution < 1.29 is 0 Å². The van der Waals surface area contributed by atoms with Gasteiger partial charge in [0.15, 0.2) is 5.11 Å². The van der Waals surface area contributed by atoms with E-state index in [1.165, 1.54) is 0 Å². The fourth-order valence-electron chi connectivity index (χ4n) is 1.57. The van der Waals surface area contributed by atoms with Crippen molar-refractivity contribution in [3.05, 3.63) is 62.5 Å². The Labute approximate surface area is 141 Å². The van der Waals surface area contributed by atoms with Crippen molar-refractivity contribution in [2.24, 2.45) is 0 Å². The summed E-state index contributed by atoms with van der Waals surface area (Å²) in [5.74, 6) is 0. The van der Waals surface area contributed by atoms with E-state index in [9.17, 15) is 0 Å². The molecule has 6 heteroatoms. The first-order valence-electron chi connectivity index (χ1n) is 5.79. The molecule has 0 amide bonds. The summed E-state index contributed by atoms with van der Waals surface area (Å²) >= 11 is 20.7. The van der Waals surface area contributed by atoms with Crippen molar-refractivity contribution in [2.75, 3.05) is 5.32 Å². The highest BCUT2D eigenvalue weighted by Gasteiger charge is 2.03. The number of thiocarbonyl (C=S) groups is 1. The molecule has 0 unspecified atom stereocenters. The number of rotatable bonds is 3. The molecule has 0 saturated heterocycles. The molecule has 2 aromatic carbocycles. The topological polar surface area (TPSA) is 24.1 Å². The van der Waals surface area contributed by atoms with E-state index < -0.39 is 0 Å². The Hall–Kier alpha value is -0.810. The van der Waals surface area contributed by atoms with Crippen LogP contribution in [0.25, 0.3) is 0 Å². The average molecular weight is 390 g/mol. The summed E-state index contributed by atoms with van der Waals surface area (Å²) < 4.78 is 0.847. The van der Waals surface area contributed by atoms with Gasteiger partial charge in [0.25, 0.3) is 0 Å². The summed E-state index contributed by atoms with van der Waals surface area (Å²) in [7, 11) is 0. The van der Waals surface area contributed by atoms with Gasteiger partial charge in [-0.2, -0.15) is 0 Å². The normalized spacial score (nSPS) is 10.2. The van der Waals surface area contributed by atoms with E-state index in [1.54, 1.807) is 6.07 Å². The van der Waals surface area contributed by atoms with Crippen molar-refractivity contribution >= 4 is 62.1 Å². The minimum atomic E-state index is 0.517. The Morgan fingerprint density at radius 3 is 2.55 bits per heavy atom. The molecule has 0 fully saturated rings. The largest absolute Gasteiger partial charge is 0.358 e. The van der Waals surface area contributed by atoms with Gasteiger partial charge in [-0.25, -0.2) is 0 Å². The van der Waals surface area contributed by atoms with Crippen LogP contribution in [0.15, 0.2) is 46.9 Å². The molecule has 2 N–H and O–H groups in total. The molecular formula is C14H11BrCl2N2S. The second kappa shape index (κ2) is 7.27. The van der Waals surface area contributed by atoms with Crippen LogP contribution in [-0.4, -0.2) is 5.11 Å². The van der Waals surface area contributed by atoms with Gasteiger partial charge in [-0.1, -0.05) is 41.4 Å². The van der Waals surface area contributed by atoms with Gasteiger partial charge in [0, 0.05) is 21.7 Å². The maximum Gasteiger partial charge on any atom is 0.171 e. The second-order valence-corrected chi connectivity index (χ2v) is 6.10. The van der Waals surface area contributed by atoms with Crippen LogP contribution in [0.5, 0.6) is 0 Å². The number of hydrogen-bond acceptors (Lipinski definition) is 1. The van der Waals surface area contributed by atoms with Gasteiger partial charge in [0.1, 0.15) is 0 Å². The van der Waals surface area contributed by atoms with Gasteiger partial charge < -0.3 is 10.6 Å². The van der Waals surface area contributed by atoms with Crippen molar-refractivity contribution in [3.8, 4) is 0 Å². The van der Waals surface area contributed by atoms with Gasteiger partial charge >= 0.3 is 0 Å². The molecule has 0 aromatic heterocycles. The fourth-order valence-corrected chi connectivity index (χ4v) is 2.39. The van der Waals surface area contributed by atoms with Gasteiger partial charge in [-0.05, 0) is 58.0 Å². The van der Waals surface area contributed by atoms with E-state index in [-0.39, 0.29) is 0 Å². The molecule has 2 nitrogen and oxygen atoms in total. The molecule has 0 aliphatic carbocycles. The Morgan fingerprint density at radius 2 is 1.85 bits per heavy atom. The standard InChI is InChI=1S/C14H11BrCl2N2S/c15-11-6-5-10(7-13(11)17)19-14(20)18-8-9-3-1-2-4-12(9)16/h1-7H,8H2,(H2,18,19,20). The van der Waals surface area contributed by atoms with Crippen LogP contribution in [-0.2, 0) is 6.54 Å². The highest BCUT2D eigenvalue weighted by Crippen LogP contribution is 2.25. The van der Waals surface area contributed by atoms with Gasteiger partial charge in [0.2, 0.25) is 0 Å². The summed E-state index contributed by atoms with van der Waals surface area (Å²) in [5, 5.41) is 8.04. The molecule has 0 heterocycles. The van der Waals surface area contributed by atoms with E-state index in [0.29, 0.717) is 16.7 Å². The van der Waals surface area contributed by atoms with Gasteiger partial charge in [-0.3, -0.25) is 0 Å². The van der Waals surface area contributed by atoms with Crippen LogP contribution in [0, 0.1) is 0 Å². The molecular weight excluding hydrogens is 379 g/mol. The number of hydrogen-bond donors (Lipinski definition) is 2. The predicted molar refractivity (Wildman–Crippen MR) is 93.7 cm³/mol. The highest BCUT2D eigenvalue weighted by molar-refractivity contribution is 9.10. The van der Waals surface area contributed by atoms with Crippen molar-refractivity contribution in [1.82, 2.24) is 5.32 Å². The van der Waals surface area contributed by atoms with Gasteiger partial charge in [0.05, 0.1) is 5.02 Å². The number of nitrogens with one attached hydrogen (secondary N) is 2. The Kier molecular flexibility index (Phi) is 5.66. The molecule has 0 aliphatic rings. The summed E-state index contributed by atoms with van der Waals surface area (Å²) in [5.41, 5.74) is 1.82. The zero-order chi connectivity index (χ0) is 14.5. The van der Waals surface area contributed by atoms with Crippen LogP contribution in [0.2, 0.25) is 10.0 Å². The first-order valence-corrected chi connectivity index (χ1v) is 7.75. The monoisotopic (exact) mass is 388 g/mol. The number of anilines is 1. The minimum Gasteiger partial charge on any atom is -0.358 e. The molecule has 0 spiro atoms. The van der Waals surface area contributed by atoms with Crippen LogP contribution < -0.4 is 10.6 Å². The first-order chi connectivity index (χ1) is 9.56. The second-order valence-electron chi connectivity index (χ2n) is 4.03. The first kappa shape index (κ1) is 15.6. The van der Waals surface area contributed by atoms with Crippen LogP contribution in [0.3, 0.4) is 0 Å². The Bertz CT molecular complexity index is 634. The summed E-state index contributed by atoms with van der Waals surface area (Å²) in [6.45, 7) is 0.565. The lowest BCUT2D eigenvalue weighted by atomic mass is 10.2. The van der Waals surface area contributed by atoms with Crippen LogP contribution >= 0.6 is 51.3 Å². The van der Waals surface area contributed by atoms with Crippen LogP contribution in [0.1, 0.15) is 5.56 Å². The van der Waals surface area contributed by atoms with E-state index >= 15 is 0 Å². The highest BCUT2D eigenvalue weighted by atomic mass is 79.9. The summed E-state index contributed by atoms with van der Waals surface area (Å²) in [6, 6.07) is 13.2. The van der Waals surface area contributed by atoms with Crippen molar-refractivity contribution in [1.29, 1.82) is 0 Å². The molecule has 104 valence electrons. The molecule has 2 aromatic rings. The Morgan fingerprint density at radius 1 is 1.10 bits per heavy atom. The van der Waals surface area contributed by atoms with Crippen molar-refractivity contribution in [3.63, 3.8) is 0 Å². The smallest absolute Gasteiger partial charge is 0.171 e. The van der Waals surface area contributed by atoms with Crippen LogP contribution in [0.4, 0.5) is 5.69 Å². The fraction of sp³-hybridized carbons (Fsp3) is 0.0714. The van der Waals surface area contributed by atoms with E-state index in [4.69, 9.17) is 35.4 Å². The van der Waals surface area contributed by atoms with E-state index in [2.05, 4.69) is 26.6 Å². The summed E-state index contributed by atoms with van der Waals surface area (Å²) in [4.78, 5) is 0. The van der Waals surface area contributed by atoms with Gasteiger partial charge in [-0.15, -0.1) is 0 Å². The number of benzene rings is 2. The third kappa shape index (κ3) is 4.35. The van der Waals surface area contributed by atoms with E-state index in [0.717, 1.165) is 20.7 Å². The molecule has 0 radical (unpaired) electrons. The molecule has 0 bridgehead atoms. The Balaban J connectivity index is 1.93. The lowest BCUT2D eigenvalue weighted by molar-refractivity contribution is 0.926. The third-order valence-electron chi connectivity index (χ3n) is 2.57. The zero-order valence-electron chi connectivity index (χ0n) is 10.3. The molecule has 0 saturated carbocycles. The maximum atomic E-state index is 6.08. The summed E-state index contributed by atoms with van der Waals surface area (Å²) in [6.07, 6.45) is 0.